The van der Waals surface area contributed by atoms with Gasteiger partial charge in [-0.2, -0.15) is 0 Å². The second-order valence-electron chi connectivity index (χ2n) is 5.43. The molecule has 1 aromatic rings. The van der Waals surface area contributed by atoms with Gasteiger partial charge in [0, 0.05) is 24.2 Å². The first kappa shape index (κ1) is 21.2. The number of benzene rings is 1. The molecule has 0 aromatic heterocycles. The highest BCUT2D eigenvalue weighted by atomic mass is 35.5. The molecule has 0 heterocycles. The molecule has 0 fully saturated rings. The first-order chi connectivity index (χ1) is 12.0. The van der Waals surface area contributed by atoms with Crippen LogP contribution in [0.2, 0.25) is 5.02 Å². The molecule has 0 saturated heterocycles. The van der Waals surface area contributed by atoms with Gasteiger partial charge < -0.3 is 19.5 Å². The highest BCUT2D eigenvalue weighted by molar-refractivity contribution is 6.30. The lowest BCUT2D eigenvalue weighted by Gasteiger charge is -2.23. The molecule has 1 rings (SSSR count). The van der Waals surface area contributed by atoms with Crippen LogP contribution >= 0.6 is 11.6 Å². The van der Waals surface area contributed by atoms with Crippen LogP contribution in [0.1, 0.15) is 12.5 Å². The van der Waals surface area contributed by atoms with Gasteiger partial charge in [0.2, 0.25) is 5.91 Å². The van der Waals surface area contributed by atoms with Gasteiger partial charge in [0.15, 0.2) is 0 Å². The Bertz CT molecular complexity index is 573. The predicted octanol–water partition coefficient (Wildman–Crippen LogP) is 2.00. The molecule has 1 unspecified atom stereocenters. The molecule has 0 aliphatic rings. The van der Waals surface area contributed by atoms with E-state index in [1.807, 2.05) is 0 Å². The molecule has 0 saturated carbocycles. The van der Waals surface area contributed by atoms with Crippen molar-refractivity contribution in [1.82, 2.24) is 4.90 Å². The maximum absolute atomic E-state index is 12.4. The molecular weight excluding hydrogens is 346 g/mol. The highest BCUT2D eigenvalue weighted by Crippen LogP contribution is 2.11. The minimum absolute atomic E-state index is 0.0804. The third-order valence-corrected chi connectivity index (χ3v) is 3.69. The quantitative estimate of drug-likeness (QED) is 0.388. The lowest BCUT2D eigenvalue weighted by molar-refractivity contribution is -0.146. The smallest absolute Gasteiger partial charge is 0.310 e. The summed E-state index contributed by atoms with van der Waals surface area (Å²) in [7, 11) is 1.32. The summed E-state index contributed by atoms with van der Waals surface area (Å²) in [6, 6.07) is 7.09. The van der Waals surface area contributed by atoms with Crippen LogP contribution in [0.4, 0.5) is 0 Å². The standard InChI is InChI=1S/C18H24ClNO5/c1-14(18(23)24-2)13-20(9-11-25-12-10-21)17(22)8-5-15-3-6-16(19)7-4-15/h3-8,14,21H,9-13H2,1-2H3/b8-5+. The van der Waals surface area contributed by atoms with Gasteiger partial charge in [-0.05, 0) is 23.8 Å². The van der Waals surface area contributed by atoms with Crippen molar-refractivity contribution < 1.29 is 24.2 Å². The summed E-state index contributed by atoms with van der Waals surface area (Å²) >= 11 is 5.83. The van der Waals surface area contributed by atoms with Crippen molar-refractivity contribution in [3.63, 3.8) is 0 Å². The number of aliphatic hydroxyl groups is 1. The lowest BCUT2D eigenvalue weighted by atomic mass is 10.1. The summed E-state index contributed by atoms with van der Waals surface area (Å²) in [5.74, 6) is -1.07. The maximum Gasteiger partial charge on any atom is 0.310 e. The average molecular weight is 370 g/mol. The number of esters is 1. The molecule has 7 heteroatoms. The third kappa shape index (κ3) is 8.16. The van der Waals surface area contributed by atoms with Gasteiger partial charge in [0.1, 0.15) is 0 Å². The van der Waals surface area contributed by atoms with E-state index in [0.717, 1.165) is 5.56 Å². The van der Waals surface area contributed by atoms with Crippen molar-refractivity contribution >= 4 is 29.6 Å². The first-order valence-corrected chi connectivity index (χ1v) is 8.34. The van der Waals surface area contributed by atoms with Crippen LogP contribution < -0.4 is 0 Å². The van der Waals surface area contributed by atoms with Crippen molar-refractivity contribution in [1.29, 1.82) is 0 Å². The van der Waals surface area contributed by atoms with E-state index in [2.05, 4.69) is 0 Å². The summed E-state index contributed by atoms with van der Waals surface area (Å²) in [6.07, 6.45) is 3.13. The van der Waals surface area contributed by atoms with Crippen LogP contribution in [0.5, 0.6) is 0 Å². The van der Waals surface area contributed by atoms with Crippen LogP contribution in [-0.2, 0) is 19.1 Å². The molecule has 0 bridgehead atoms. The number of carbonyl (C=O) groups is 2. The fourth-order valence-corrected chi connectivity index (χ4v) is 2.21. The number of methoxy groups -OCH3 is 1. The van der Waals surface area contributed by atoms with Crippen LogP contribution in [0.3, 0.4) is 0 Å². The van der Waals surface area contributed by atoms with E-state index in [9.17, 15) is 9.59 Å². The van der Waals surface area contributed by atoms with E-state index in [4.69, 9.17) is 26.2 Å². The molecular formula is C18H24ClNO5. The normalized spacial score (nSPS) is 12.2. The Morgan fingerprint density at radius 1 is 1.28 bits per heavy atom. The molecule has 1 atom stereocenters. The molecule has 0 radical (unpaired) electrons. The first-order valence-electron chi connectivity index (χ1n) is 7.97. The second kappa shape index (κ2) is 11.6. The SMILES string of the molecule is COC(=O)C(C)CN(CCOCCO)C(=O)/C=C/c1ccc(Cl)cc1. The number of nitrogens with zero attached hydrogens (tertiary/aromatic N) is 1. The number of ether oxygens (including phenoxy) is 2. The van der Waals surface area contributed by atoms with E-state index in [1.54, 1.807) is 37.3 Å². The molecule has 1 N–H and O–H groups in total. The number of hydrogen-bond acceptors (Lipinski definition) is 5. The summed E-state index contributed by atoms with van der Waals surface area (Å²) in [4.78, 5) is 25.6. The summed E-state index contributed by atoms with van der Waals surface area (Å²) in [5, 5.41) is 9.36. The van der Waals surface area contributed by atoms with Crippen LogP contribution in [0.15, 0.2) is 30.3 Å². The van der Waals surface area contributed by atoms with Crippen LogP contribution in [-0.4, -0.2) is 61.9 Å². The number of halogens is 1. The van der Waals surface area contributed by atoms with Gasteiger partial charge in [0.05, 0.1) is 32.8 Å². The Morgan fingerprint density at radius 3 is 2.56 bits per heavy atom. The molecule has 6 nitrogen and oxygen atoms in total. The van der Waals surface area contributed by atoms with Crippen molar-refractivity contribution in [3.05, 3.63) is 40.9 Å². The number of amides is 1. The maximum atomic E-state index is 12.4. The fourth-order valence-electron chi connectivity index (χ4n) is 2.09. The molecule has 1 amide bonds. The van der Waals surface area contributed by atoms with E-state index >= 15 is 0 Å². The van der Waals surface area contributed by atoms with Crippen molar-refractivity contribution in [2.24, 2.45) is 5.92 Å². The Morgan fingerprint density at radius 2 is 1.96 bits per heavy atom. The van der Waals surface area contributed by atoms with Crippen molar-refractivity contribution in [2.75, 3.05) is 40.0 Å². The molecule has 25 heavy (non-hydrogen) atoms. The largest absolute Gasteiger partial charge is 0.469 e. The number of carbonyl (C=O) groups excluding carboxylic acids is 2. The summed E-state index contributed by atoms with van der Waals surface area (Å²) < 4.78 is 9.91. The van der Waals surface area contributed by atoms with Gasteiger partial charge in [-0.25, -0.2) is 0 Å². The van der Waals surface area contributed by atoms with Gasteiger partial charge >= 0.3 is 5.97 Å². The van der Waals surface area contributed by atoms with E-state index < -0.39 is 5.92 Å². The van der Waals surface area contributed by atoms with E-state index in [1.165, 1.54) is 18.1 Å². The van der Waals surface area contributed by atoms with Gasteiger partial charge in [-0.1, -0.05) is 30.7 Å². The van der Waals surface area contributed by atoms with E-state index in [0.29, 0.717) is 11.6 Å². The van der Waals surface area contributed by atoms with Crippen LogP contribution in [0.25, 0.3) is 6.08 Å². The second-order valence-corrected chi connectivity index (χ2v) is 5.87. The lowest BCUT2D eigenvalue weighted by Crippen LogP contribution is -2.38. The highest BCUT2D eigenvalue weighted by Gasteiger charge is 2.20. The van der Waals surface area contributed by atoms with E-state index in [-0.39, 0.29) is 38.2 Å². The Balaban J connectivity index is 2.72. The molecule has 0 aliphatic heterocycles. The zero-order chi connectivity index (χ0) is 18.7. The molecule has 0 spiro atoms. The van der Waals surface area contributed by atoms with Crippen LogP contribution in [0, 0.1) is 5.92 Å². The predicted molar refractivity (Wildman–Crippen MR) is 96.2 cm³/mol. The Kier molecular flexibility index (Phi) is 9.84. The number of aliphatic hydroxyl groups excluding tert-OH is 1. The number of hydrogen-bond donors (Lipinski definition) is 1. The zero-order valence-corrected chi connectivity index (χ0v) is 15.2. The topological polar surface area (TPSA) is 76.1 Å². The molecule has 1 aromatic carbocycles. The van der Waals surface area contributed by atoms with Crippen molar-refractivity contribution in [2.45, 2.75) is 6.92 Å². The average Bonchev–Trinajstić information content (AvgIpc) is 2.62. The summed E-state index contributed by atoms with van der Waals surface area (Å²) in [6.45, 7) is 2.63. The molecule has 0 aliphatic carbocycles. The molecule has 138 valence electrons. The minimum Gasteiger partial charge on any atom is -0.469 e. The Hall–Kier alpha value is -1.89. The Labute approximate surface area is 153 Å². The van der Waals surface area contributed by atoms with Gasteiger partial charge in [-0.15, -0.1) is 0 Å². The minimum atomic E-state index is -0.448. The fraction of sp³-hybridized carbons (Fsp3) is 0.444. The van der Waals surface area contributed by atoms with Gasteiger partial charge in [0.25, 0.3) is 0 Å². The summed E-state index contributed by atoms with van der Waals surface area (Å²) in [5.41, 5.74) is 0.843. The zero-order valence-electron chi connectivity index (χ0n) is 14.5. The monoisotopic (exact) mass is 369 g/mol. The van der Waals surface area contributed by atoms with Gasteiger partial charge in [-0.3, -0.25) is 9.59 Å². The third-order valence-electron chi connectivity index (χ3n) is 3.44. The number of rotatable bonds is 10. The van der Waals surface area contributed by atoms with Crippen molar-refractivity contribution in [3.8, 4) is 0 Å².